The lowest BCUT2D eigenvalue weighted by molar-refractivity contribution is -0.137. The molecule has 0 fully saturated rings. The highest BCUT2D eigenvalue weighted by Crippen LogP contribution is 2.42. The molecule has 4 heteroatoms. The zero-order valence-electron chi connectivity index (χ0n) is 14.1. The van der Waals surface area contributed by atoms with E-state index in [0.29, 0.717) is 0 Å². The van der Waals surface area contributed by atoms with Gasteiger partial charge in [0.1, 0.15) is 0 Å². The van der Waals surface area contributed by atoms with Crippen molar-refractivity contribution in [3.63, 3.8) is 0 Å². The van der Waals surface area contributed by atoms with Gasteiger partial charge in [0.15, 0.2) is 0 Å². The number of hydrogen-bond donors (Lipinski definition) is 0. The second kappa shape index (κ2) is 6.86. The summed E-state index contributed by atoms with van der Waals surface area (Å²) in [6.45, 7) is 0. The van der Waals surface area contributed by atoms with Gasteiger partial charge in [-0.3, -0.25) is 0 Å². The molecule has 0 aliphatic heterocycles. The zero-order valence-corrected chi connectivity index (χ0v) is 15.7. The lowest BCUT2D eigenvalue weighted by Crippen LogP contribution is -2.06. The van der Waals surface area contributed by atoms with Crippen LogP contribution in [0, 0.1) is 0 Å². The number of fused-ring (bicyclic) bond motifs is 1. The molecule has 27 heavy (non-hydrogen) atoms. The molecule has 0 unspecified atom stereocenters. The van der Waals surface area contributed by atoms with Crippen molar-refractivity contribution in [2.24, 2.45) is 0 Å². The molecule has 1 aliphatic carbocycles. The van der Waals surface area contributed by atoms with E-state index in [2.05, 4.69) is 15.9 Å². The van der Waals surface area contributed by atoms with E-state index in [1.54, 1.807) is 12.1 Å². The second-order valence-electron chi connectivity index (χ2n) is 6.30. The SMILES string of the molecule is FC(F)(F)c1ccccc1/C=C1\C=C(c2ccccc2)c2ccc(Br)cc21. The fourth-order valence-corrected chi connectivity index (χ4v) is 3.69. The van der Waals surface area contributed by atoms with E-state index in [-0.39, 0.29) is 5.56 Å². The Balaban J connectivity index is 1.91. The summed E-state index contributed by atoms with van der Waals surface area (Å²) in [7, 11) is 0. The fraction of sp³-hybridized carbons (Fsp3) is 0.0435. The number of hydrogen-bond acceptors (Lipinski definition) is 0. The highest BCUT2D eigenvalue weighted by atomic mass is 79.9. The van der Waals surface area contributed by atoms with Crippen molar-refractivity contribution < 1.29 is 13.2 Å². The normalized spacial score (nSPS) is 15.0. The molecule has 0 heterocycles. The predicted octanol–water partition coefficient (Wildman–Crippen LogP) is 7.45. The van der Waals surface area contributed by atoms with Crippen molar-refractivity contribution in [1.29, 1.82) is 0 Å². The topological polar surface area (TPSA) is 0 Å². The highest BCUT2D eigenvalue weighted by Gasteiger charge is 2.32. The number of rotatable bonds is 2. The van der Waals surface area contributed by atoms with E-state index in [4.69, 9.17) is 0 Å². The van der Waals surface area contributed by atoms with Crippen molar-refractivity contribution >= 4 is 33.2 Å². The highest BCUT2D eigenvalue weighted by molar-refractivity contribution is 9.10. The van der Waals surface area contributed by atoms with Crippen molar-refractivity contribution in [1.82, 2.24) is 0 Å². The first kappa shape index (κ1) is 17.8. The number of alkyl halides is 3. The van der Waals surface area contributed by atoms with Crippen LogP contribution in [0.3, 0.4) is 0 Å². The number of halogens is 4. The van der Waals surface area contributed by atoms with Crippen LogP contribution in [0.4, 0.5) is 13.2 Å². The molecule has 0 bridgehead atoms. The van der Waals surface area contributed by atoms with Gasteiger partial charge in [-0.25, -0.2) is 0 Å². The molecule has 0 saturated heterocycles. The smallest absolute Gasteiger partial charge is 0.166 e. The van der Waals surface area contributed by atoms with E-state index in [9.17, 15) is 13.2 Å². The van der Waals surface area contributed by atoms with Gasteiger partial charge in [0.25, 0.3) is 0 Å². The summed E-state index contributed by atoms with van der Waals surface area (Å²) in [5.41, 5.74) is 4.27. The molecule has 3 aromatic rings. The summed E-state index contributed by atoms with van der Waals surface area (Å²) >= 11 is 3.47. The average molecular weight is 427 g/mol. The maximum Gasteiger partial charge on any atom is 0.416 e. The van der Waals surface area contributed by atoms with Crippen LogP contribution in [-0.2, 0) is 6.18 Å². The van der Waals surface area contributed by atoms with Crippen molar-refractivity contribution in [2.45, 2.75) is 6.18 Å². The van der Waals surface area contributed by atoms with Crippen LogP contribution in [0.5, 0.6) is 0 Å². The minimum atomic E-state index is -4.39. The molecule has 0 N–H and O–H groups in total. The molecule has 1 aliphatic rings. The monoisotopic (exact) mass is 426 g/mol. The largest absolute Gasteiger partial charge is 0.416 e. The van der Waals surface area contributed by atoms with Crippen molar-refractivity contribution in [3.05, 3.63) is 111 Å². The van der Waals surface area contributed by atoms with E-state index in [1.807, 2.05) is 54.6 Å². The molecule has 0 radical (unpaired) electrons. The molecule has 4 rings (SSSR count). The summed E-state index contributed by atoms with van der Waals surface area (Å²) in [4.78, 5) is 0. The Morgan fingerprint density at radius 1 is 0.778 bits per heavy atom. The molecule has 0 atom stereocenters. The quantitative estimate of drug-likeness (QED) is 0.398. The van der Waals surface area contributed by atoms with Crippen LogP contribution in [0.25, 0.3) is 17.2 Å². The van der Waals surface area contributed by atoms with Crippen molar-refractivity contribution in [3.8, 4) is 0 Å². The second-order valence-corrected chi connectivity index (χ2v) is 7.21. The molecule has 3 aromatic carbocycles. The van der Waals surface area contributed by atoms with E-state index >= 15 is 0 Å². The average Bonchev–Trinajstić information content (AvgIpc) is 3.00. The first-order valence-electron chi connectivity index (χ1n) is 8.39. The third-order valence-corrected chi connectivity index (χ3v) is 5.04. The van der Waals surface area contributed by atoms with Gasteiger partial charge >= 0.3 is 6.18 Å². The molecular formula is C23H14BrF3. The summed E-state index contributed by atoms with van der Waals surface area (Å²) in [5.74, 6) is 0. The van der Waals surface area contributed by atoms with Crippen LogP contribution in [0.2, 0.25) is 0 Å². The van der Waals surface area contributed by atoms with Crippen LogP contribution >= 0.6 is 15.9 Å². The van der Waals surface area contributed by atoms with Crippen LogP contribution < -0.4 is 0 Å². The van der Waals surface area contributed by atoms with Crippen LogP contribution in [-0.4, -0.2) is 0 Å². The Bertz CT molecular complexity index is 1060. The Labute approximate surface area is 163 Å². The summed E-state index contributed by atoms with van der Waals surface area (Å²) < 4.78 is 41.0. The Morgan fingerprint density at radius 3 is 2.22 bits per heavy atom. The molecule has 0 amide bonds. The van der Waals surface area contributed by atoms with E-state index in [0.717, 1.165) is 38.4 Å². The van der Waals surface area contributed by atoms with Gasteiger partial charge in [-0.2, -0.15) is 13.2 Å². The molecule has 0 nitrogen and oxygen atoms in total. The number of benzene rings is 3. The molecule has 0 aromatic heterocycles. The molecular weight excluding hydrogens is 413 g/mol. The fourth-order valence-electron chi connectivity index (χ4n) is 3.33. The third-order valence-electron chi connectivity index (χ3n) is 4.54. The minimum Gasteiger partial charge on any atom is -0.166 e. The van der Waals surface area contributed by atoms with Gasteiger partial charge in [-0.05, 0) is 63.8 Å². The Kier molecular flexibility index (Phi) is 4.52. The van der Waals surface area contributed by atoms with Gasteiger partial charge in [-0.1, -0.05) is 70.5 Å². The van der Waals surface area contributed by atoms with Gasteiger partial charge in [-0.15, -0.1) is 0 Å². The van der Waals surface area contributed by atoms with E-state index in [1.165, 1.54) is 12.1 Å². The van der Waals surface area contributed by atoms with Crippen LogP contribution in [0.15, 0.2) is 83.3 Å². The van der Waals surface area contributed by atoms with Gasteiger partial charge < -0.3 is 0 Å². The Hall–Kier alpha value is -2.59. The van der Waals surface area contributed by atoms with Gasteiger partial charge in [0, 0.05) is 4.47 Å². The van der Waals surface area contributed by atoms with Crippen molar-refractivity contribution in [2.75, 3.05) is 0 Å². The first-order valence-corrected chi connectivity index (χ1v) is 9.18. The number of allylic oxidation sites excluding steroid dienone is 2. The Morgan fingerprint density at radius 2 is 1.48 bits per heavy atom. The third kappa shape index (κ3) is 3.50. The summed E-state index contributed by atoms with van der Waals surface area (Å²) in [6.07, 6.45) is -0.817. The van der Waals surface area contributed by atoms with Gasteiger partial charge in [0.05, 0.1) is 5.56 Å². The van der Waals surface area contributed by atoms with Gasteiger partial charge in [0.2, 0.25) is 0 Å². The summed E-state index contributed by atoms with van der Waals surface area (Å²) in [6, 6.07) is 21.4. The standard InChI is InChI=1S/C23H14BrF3/c24-18-10-11-19-20(15-6-2-1-3-7-15)13-17(21(19)14-18)12-16-8-4-5-9-22(16)23(25,26)27/h1-14H/b17-12+. The lowest BCUT2D eigenvalue weighted by Gasteiger charge is -2.11. The maximum atomic E-state index is 13.4. The molecule has 0 saturated carbocycles. The summed E-state index contributed by atoms with van der Waals surface area (Å²) in [5, 5.41) is 0. The molecule has 0 spiro atoms. The van der Waals surface area contributed by atoms with E-state index < -0.39 is 11.7 Å². The zero-order chi connectivity index (χ0) is 19.0. The maximum absolute atomic E-state index is 13.4. The van der Waals surface area contributed by atoms with Crippen LogP contribution in [0.1, 0.15) is 27.8 Å². The minimum absolute atomic E-state index is 0.163. The predicted molar refractivity (Wildman–Crippen MR) is 107 cm³/mol. The molecule has 134 valence electrons. The first-order chi connectivity index (χ1) is 12.9. The lowest BCUT2D eigenvalue weighted by atomic mass is 9.98.